The molecule has 0 spiro atoms. The van der Waals surface area contributed by atoms with E-state index in [4.69, 9.17) is 5.73 Å². The highest BCUT2D eigenvalue weighted by atomic mass is 79.9. The summed E-state index contributed by atoms with van der Waals surface area (Å²) in [6.45, 7) is 6.01. The van der Waals surface area contributed by atoms with Crippen LogP contribution in [0, 0.1) is 0 Å². The number of hydrogen-bond donors (Lipinski definition) is 3. The van der Waals surface area contributed by atoms with Gasteiger partial charge in [-0.25, -0.2) is 0 Å². The van der Waals surface area contributed by atoms with Crippen LogP contribution in [-0.4, -0.2) is 22.6 Å². The number of aromatic nitrogens is 2. The van der Waals surface area contributed by atoms with Crippen molar-refractivity contribution < 1.29 is 4.79 Å². The number of nitrogens with one attached hydrogen (secondary N) is 2. The molecule has 1 rings (SSSR count). The van der Waals surface area contributed by atoms with Crippen LogP contribution < -0.4 is 11.1 Å². The molecule has 6 heteroatoms. The van der Waals surface area contributed by atoms with Crippen LogP contribution in [0.1, 0.15) is 29.5 Å². The van der Waals surface area contributed by atoms with Gasteiger partial charge in [-0.1, -0.05) is 35.9 Å². The molecular formula is C10H15BrN4O. The van der Waals surface area contributed by atoms with Gasteiger partial charge in [-0.15, -0.1) is 0 Å². The molecule has 0 atom stereocenters. The van der Waals surface area contributed by atoms with Crippen molar-refractivity contribution in [2.45, 2.75) is 19.8 Å². The molecule has 5 nitrogen and oxygen atoms in total. The number of nitrogens with zero attached hydrogens (tertiary/aromatic N) is 1. The molecule has 0 aromatic carbocycles. The van der Waals surface area contributed by atoms with E-state index in [0.717, 1.165) is 18.5 Å². The summed E-state index contributed by atoms with van der Waals surface area (Å²) < 4.78 is 0.698. The average Bonchev–Trinajstić information content (AvgIpc) is 2.58. The molecule has 88 valence electrons. The summed E-state index contributed by atoms with van der Waals surface area (Å²) in [5.41, 5.74) is 7.30. The van der Waals surface area contributed by atoms with Crippen molar-refractivity contribution >= 4 is 27.5 Å². The molecule has 0 fully saturated rings. The van der Waals surface area contributed by atoms with Gasteiger partial charge in [-0.3, -0.25) is 9.89 Å². The normalized spacial score (nSPS) is 10.1. The highest BCUT2D eigenvalue weighted by Crippen LogP contribution is 2.15. The summed E-state index contributed by atoms with van der Waals surface area (Å²) in [5.74, 6) is -0.295. The fourth-order valence-corrected chi connectivity index (χ4v) is 1.40. The van der Waals surface area contributed by atoms with Crippen LogP contribution in [0.2, 0.25) is 0 Å². The minimum absolute atomic E-state index is 0.247. The largest absolute Gasteiger partial charge is 0.395 e. The standard InChI is InChI=1S/C10H15BrN4O/c1-3-4-7-8(12)9(15-14-7)10(16)13-5-6(2)11/h2-5,12H2,1H3,(H,13,16)(H,14,15). The monoisotopic (exact) mass is 286 g/mol. The molecule has 0 aliphatic heterocycles. The van der Waals surface area contributed by atoms with E-state index in [-0.39, 0.29) is 11.6 Å². The van der Waals surface area contributed by atoms with Crippen molar-refractivity contribution in [3.8, 4) is 0 Å². The maximum atomic E-state index is 11.7. The number of halogens is 1. The third kappa shape index (κ3) is 3.10. The Labute approximate surface area is 103 Å². The molecular weight excluding hydrogens is 272 g/mol. The molecule has 0 unspecified atom stereocenters. The summed E-state index contributed by atoms with van der Waals surface area (Å²) in [4.78, 5) is 11.7. The minimum Gasteiger partial charge on any atom is -0.395 e. The van der Waals surface area contributed by atoms with Gasteiger partial charge >= 0.3 is 0 Å². The predicted octanol–water partition coefficient (Wildman–Crippen LogP) is 1.58. The highest BCUT2D eigenvalue weighted by Gasteiger charge is 2.16. The molecule has 0 saturated heterocycles. The van der Waals surface area contributed by atoms with Crippen LogP contribution in [0.3, 0.4) is 0 Å². The lowest BCUT2D eigenvalue weighted by Crippen LogP contribution is -2.25. The maximum absolute atomic E-state index is 11.7. The first kappa shape index (κ1) is 12.8. The third-order valence-electron chi connectivity index (χ3n) is 2.04. The summed E-state index contributed by atoms with van der Waals surface area (Å²) in [6, 6.07) is 0. The zero-order valence-corrected chi connectivity index (χ0v) is 10.7. The number of H-pyrrole nitrogens is 1. The third-order valence-corrected chi connectivity index (χ3v) is 2.32. The number of aromatic amines is 1. The number of amides is 1. The summed E-state index contributed by atoms with van der Waals surface area (Å²) in [7, 11) is 0. The maximum Gasteiger partial charge on any atom is 0.274 e. The van der Waals surface area contributed by atoms with E-state index in [2.05, 4.69) is 38.0 Å². The molecule has 16 heavy (non-hydrogen) atoms. The van der Waals surface area contributed by atoms with E-state index in [1.54, 1.807) is 0 Å². The summed E-state index contributed by atoms with van der Waals surface area (Å²) in [6.07, 6.45) is 1.74. The van der Waals surface area contributed by atoms with Crippen LogP contribution in [0.4, 0.5) is 5.69 Å². The van der Waals surface area contributed by atoms with E-state index < -0.39 is 0 Å². The number of aryl methyl sites for hydroxylation is 1. The van der Waals surface area contributed by atoms with Crippen molar-refractivity contribution in [2.75, 3.05) is 12.3 Å². The number of anilines is 1. The Morgan fingerprint density at radius 1 is 1.69 bits per heavy atom. The Balaban J connectivity index is 2.72. The fraction of sp³-hybridized carbons (Fsp3) is 0.400. The molecule has 0 aliphatic carbocycles. The topological polar surface area (TPSA) is 83.8 Å². The van der Waals surface area contributed by atoms with Gasteiger partial charge in [-0.05, 0) is 6.42 Å². The molecule has 4 N–H and O–H groups in total. The molecule has 0 bridgehead atoms. The second-order valence-electron chi connectivity index (χ2n) is 3.41. The SMILES string of the molecule is C=C(Br)CNC(=O)c1n[nH]c(CCC)c1N. The zero-order chi connectivity index (χ0) is 12.1. The number of carbonyl (C=O) groups is 1. The van der Waals surface area contributed by atoms with Crippen molar-refractivity contribution in [1.29, 1.82) is 0 Å². The molecule has 1 amide bonds. The van der Waals surface area contributed by atoms with Crippen LogP contribution in [-0.2, 0) is 6.42 Å². The van der Waals surface area contributed by atoms with Crippen molar-refractivity contribution in [3.63, 3.8) is 0 Å². The Kier molecular flexibility index (Phi) is 4.54. The van der Waals surface area contributed by atoms with Crippen molar-refractivity contribution in [1.82, 2.24) is 15.5 Å². The number of nitrogen functional groups attached to an aromatic ring is 1. The highest BCUT2D eigenvalue weighted by molar-refractivity contribution is 9.11. The fourth-order valence-electron chi connectivity index (χ4n) is 1.26. The molecule has 1 aromatic heterocycles. The smallest absolute Gasteiger partial charge is 0.274 e. The summed E-state index contributed by atoms with van der Waals surface area (Å²) >= 11 is 3.16. The average molecular weight is 287 g/mol. The Hall–Kier alpha value is -1.30. The quantitative estimate of drug-likeness (QED) is 0.768. The van der Waals surface area contributed by atoms with Crippen LogP contribution in [0.5, 0.6) is 0 Å². The van der Waals surface area contributed by atoms with Gasteiger partial charge in [0.05, 0.1) is 11.4 Å². The lowest BCUT2D eigenvalue weighted by molar-refractivity contribution is 0.0953. The lowest BCUT2D eigenvalue weighted by atomic mass is 10.2. The van der Waals surface area contributed by atoms with Gasteiger partial charge in [0.2, 0.25) is 0 Å². The van der Waals surface area contributed by atoms with Gasteiger partial charge in [0, 0.05) is 11.0 Å². The molecule has 1 aromatic rings. The van der Waals surface area contributed by atoms with Crippen LogP contribution >= 0.6 is 15.9 Å². The van der Waals surface area contributed by atoms with E-state index in [9.17, 15) is 4.79 Å². The first-order valence-corrected chi connectivity index (χ1v) is 5.79. The van der Waals surface area contributed by atoms with Crippen molar-refractivity contribution in [2.24, 2.45) is 0 Å². The van der Waals surface area contributed by atoms with Gasteiger partial charge in [-0.2, -0.15) is 5.10 Å². The van der Waals surface area contributed by atoms with E-state index >= 15 is 0 Å². The minimum atomic E-state index is -0.295. The molecule has 1 heterocycles. The second-order valence-corrected chi connectivity index (χ2v) is 4.54. The number of rotatable bonds is 5. The lowest BCUT2D eigenvalue weighted by Gasteiger charge is -2.02. The predicted molar refractivity (Wildman–Crippen MR) is 67.4 cm³/mol. The van der Waals surface area contributed by atoms with Gasteiger partial charge in [0.1, 0.15) is 0 Å². The first-order valence-electron chi connectivity index (χ1n) is 5.00. The van der Waals surface area contributed by atoms with E-state index in [1.165, 1.54) is 0 Å². The number of nitrogens with two attached hydrogens (primary N) is 1. The van der Waals surface area contributed by atoms with E-state index in [0.29, 0.717) is 16.7 Å². The Bertz CT molecular complexity index is 400. The Morgan fingerprint density at radius 2 is 2.38 bits per heavy atom. The van der Waals surface area contributed by atoms with Crippen LogP contribution in [0.25, 0.3) is 0 Å². The Morgan fingerprint density at radius 3 is 2.94 bits per heavy atom. The molecule has 0 aliphatic rings. The van der Waals surface area contributed by atoms with Crippen molar-refractivity contribution in [3.05, 3.63) is 22.4 Å². The molecule has 0 saturated carbocycles. The first-order chi connectivity index (χ1) is 7.56. The van der Waals surface area contributed by atoms with Gasteiger partial charge in [0.15, 0.2) is 5.69 Å². The number of hydrogen-bond acceptors (Lipinski definition) is 3. The summed E-state index contributed by atoms with van der Waals surface area (Å²) in [5, 5.41) is 9.33. The second kappa shape index (κ2) is 5.69. The molecule has 0 radical (unpaired) electrons. The number of carbonyl (C=O) groups excluding carboxylic acids is 1. The zero-order valence-electron chi connectivity index (χ0n) is 9.14. The van der Waals surface area contributed by atoms with E-state index in [1.807, 2.05) is 6.92 Å². The van der Waals surface area contributed by atoms with Gasteiger partial charge < -0.3 is 11.1 Å². The van der Waals surface area contributed by atoms with Crippen LogP contribution in [0.15, 0.2) is 11.1 Å². The van der Waals surface area contributed by atoms with Gasteiger partial charge in [0.25, 0.3) is 5.91 Å².